The molecule has 1 aromatic carbocycles. The van der Waals surface area contributed by atoms with Crippen LogP contribution in [-0.2, 0) is 0 Å². The Morgan fingerprint density at radius 3 is 2.77 bits per heavy atom. The van der Waals surface area contributed by atoms with Crippen molar-refractivity contribution in [1.82, 2.24) is 15.3 Å². The lowest BCUT2D eigenvalue weighted by Gasteiger charge is -2.14. The summed E-state index contributed by atoms with van der Waals surface area (Å²) in [6.45, 7) is 5.94. The average molecular weight is 386 g/mol. The average Bonchev–Trinajstić information content (AvgIpc) is 3.39. The molecule has 1 saturated carbocycles. The molecule has 0 bridgehead atoms. The van der Waals surface area contributed by atoms with Gasteiger partial charge in [-0.3, -0.25) is 4.79 Å². The highest BCUT2D eigenvalue weighted by Gasteiger charge is 2.28. The number of rotatable bonds is 4. The van der Waals surface area contributed by atoms with Gasteiger partial charge in [-0.25, -0.2) is 9.97 Å². The van der Waals surface area contributed by atoms with Crippen LogP contribution < -0.4 is 5.32 Å². The lowest BCUT2D eigenvalue weighted by molar-refractivity contribution is 0.0943. The Hall–Kier alpha value is -1.98. The third kappa shape index (κ3) is 3.21. The van der Waals surface area contributed by atoms with Gasteiger partial charge in [-0.2, -0.15) is 0 Å². The number of benzene rings is 1. The van der Waals surface area contributed by atoms with Gasteiger partial charge in [0.2, 0.25) is 0 Å². The lowest BCUT2D eigenvalue weighted by atomic mass is 10.1. The van der Waals surface area contributed by atoms with E-state index in [4.69, 9.17) is 16.6 Å². The molecule has 2 aromatic heterocycles. The number of fused-ring (bicyclic) bond motifs is 1. The topological polar surface area (TPSA) is 54.9 Å². The minimum atomic E-state index is -0.125. The van der Waals surface area contributed by atoms with Gasteiger partial charge in [-0.15, -0.1) is 11.3 Å². The van der Waals surface area contributed by atoms with Gasteiger partial charge in [0.25, 0.3) is 5.91 Å². The van der Waals surface area contributed by atoms with Crippen molar-refractivity contribution in [3.63, 3.8) is 0 Å². The van der Waals surface area contributed by atoms with E-state index in [-0.39, 0.29) is 11.9 Å². The van der Waals surface area contributed by atoms with E-state index in [0.717, 1.165) is 32.9 Å². The van der Waals surface area contributed by atoms with Gasteiger partial charge >= 0.3 is 0 Å². The van der Waals surface area contributed by atoms with E-state index in [2.05, 4.69) is 10.3 Å². The Bertz CT molecular complexity index is 1010. The number of amides is 1. The molecule has 4 rings (SSSR count). The van der Waals surface area contributed by atoms with Crippen molar-refractivity contribution in [2.24, 2.45) is 0 Å². The number of hydrogen-bond acceptors (Lipinski definition) is 4. The molecular weight excluding hydrogens is 366 g/mol. The molecule has 1 aliphatic rings. The summed E-state index contributed by atoms with van der Waals surface area (Å²) in [7, 11) is 0. The summed E-state index contributed by atoms with van der Waals surface area (Å²) < 4.78 is 0. The maximum absolute atomic E-state index is 12.9. The fraction of sp³-hybridized carbons (Fsp3) is 0.350. The molecule has 134 valence electrons. The number of hydrogen-bond donors (Lipinski definition) is 1. The molecule has 0 radical (unpaired) electrons. The van der Waals surface area contributed by atoms with Crippen LogP contribution in [0, 0.1) is 13.8 Å². The molecule has 0 saturated heterocycles. The molecule has 1 N–H and O–H groups in total. The largest absolute Gasteiger partial charge is 0.345 e. The first-order chi connectivity index (χ1) is 12.4. The molecule has 3 aromatic rings. The van der Waals surface area contributed by atoms with Crippen LogP contribution in [0.15, 0.2) is 24.3 Å². The van der Waals surface area contributed by atoms with Crippen LogP contribution in [0.3, 0.4) is 0 Å². The Kier molecular flexibility index (Phi) is 4.45. The van der Waals surface area contributed by atoms with Gasteiger partial charge in [-0.05, 0) is 56.9 Å². The molecule has 4 nitrogen and oxygen atoms in total. The van der Waals surface area contributed by atoms with Gasteiger partial charge < -0.3 is 5.32 Å². The van der Waals surface area contributed by atoms with E-state index in [9.17, 15) is 4.79 Å². The first-order valence-electron chi connectivity index (χ1n) is 8.78. The number of aromatic nitrogens is 2. The molecule has 2 heterocycles. The molecule has 0 aliphatic heterocycles. The summed E-state index contributed by atoms with van der Waals surface area (Å²) in [5.41, 5.74) is 2.91. The number of nitrogens with one attached hydrogen (secondary N) is 1. The number of carbonyl (C=O) groups is 1. The molecule has 6 heteroatoms. The molecule has 1 atom stereocenters. The van der Waals surface area contributed by atoms with Crippen molar-refractivity contribution in [1.29, 1.82) is 0 Å². The highest BCUT2D eigenvalue weighted by Crippen LogP contribution is 2.40. The molecule has 1 unspecified atom stereocenters. The second-order valence-corrected chi connectivity index (χ2v) is 8.36. The number of halogens is 1. The van der Waals surface area contributed by atoms with Crippen LogP contribution in [0.1, 0.15) is 64.0 Å². The summed E-state index contributed by atoms with van der Waals surface area (Å²) in [6, 6.07) is 7.44. The Morgan fingerprint density at radius 1 is 1.31 bits per heavy atom. The van der Waals surface area contributed by atoms with Crippen molar-refractivity contribution in [3.05, 3.63) is 56.8 Å². The lowest BCUT2D eigenvalue weighted by Crippen LogP contribution is -2.26. The van der Waals surface area contributed by atoms with E-state index >= 15 is 0 Å². The van der Waals surface area contributed by atoms with Crippen LogP contribution in [0.2, 0.25) is 5.02 Å². The van der Waals surface area contributed by atoms with Crippen LogP contribution in [-0.4, -0.2) is 15.9 Å². The van der Waals surface area contributed by atoms with E-state index in [1.54, 1.807) is 0 Å². The predicted octanol–water partition coefficient (Wildman–Crippen LogP) is 5.33. The minimum absolute atomic E-state index is 0.0784. The monoisotopic (exact) mass is 385 g/mol. The van der Waals surface area contributed by atoms with E-state index in [1.807, 2.05) is 45.0 Å². The van der Waals surface area contributed by atoms with Crippen molar-refractivity contribution in [3.8, 4) is 0 Å². The summed E-state index contributed by atoms with van der Waals surface area (Å²) in [5.74, 6) is 1.35. The zero-order valence-electron chi connectivity index (χ0n) is 15.0. The molecule has 0 spiro atoms. The quantitative estimate of drug-likeness (QED) is 0.660. The summed E-state index contributed by atoms with van der Waals surface area (Å²) in [6.07, 6.45) is 2.33. The molecule has 1 aliphatic carbocycles. The van der Waals surface area contributed by atoms with E-state index < -0.39 is 0 Å². The van der Waals surface area contributed by atoms with Crippen molar-refractivity contribution < 1.29 is 4.79 Å². The number of thiophene rings is 1. The first kappa shape index (κ1) is 17.4. The number of aryl methyl sites for hydroxylation is 2. The second-order valence-electron chi connectivity index (χ2n) is 6.93. The summed E-state index contributed by atoms with van der Waals surface area (Å²) in [5, 5.41) is 4.76. The molecule has 26 heavy (non-hydrogen) atoms. The SMILES string of the molecule is Cc1nc(C2CC2)nc2sc(C(=O)NC(C)c3cccc(Cl)c3)c(C)c12. The maximum atomic E-state index is 12.9. The molecule has 1 fully saturated rings. The zero-order valence-corrected chi connectivity index (χ0v) is 16.5. The third-order valence-corrected chi connectivity index (χ3v) is 6.25. The first-order valence-corrected chi connectivity index (χ1v) is 9.97. The van der Waals surface area contributed by atoms with Gasteiger partial charge in [0.05, 0.1) is 16.6 Å². The minimum Gasteiger partial charge on any atom is -0.345 e. The second kappa shape index (κ2) is 6.63. The van der Waals surface area contributed by atoms with Gasteiger partial charge in [0.1, 0.15) is 10.7 Å². The van der Waals surface area contributed by atoms with Crippen LogP contribution in [0.5, 0.6) is 0 Å². The summed E-state index contributed by atoms with van der Waals surface area (Å²) >= 11 is 7.51. The Morgan fingerprint density at radius 2 is 2.08 bits per heavy atom. The normalized spacial score (nSPS) is 15.2. The molecular formula is C20H20ClN3OS. The van der Waals surface area contributed by atoms with Crippen molar-refractivity contribution >= 4 is 39.1 Å². The van der Waals surface area contributed by atoms with Gasteiger partial charge in [-0.1, -0.05) is 23.7 Å². The fourth-order valence-corrected chi connectivity index (χ4v) is 4.56. The Balaban J connectivity index is 1.64. The van der Waals surface area contributed by atoms with Crippen molar-refractivity contribution in [2.45, 2.75) is 45.6 Å². The zero-order chi connectivity index (χ0) is 18.4. The van der Waals surface area contributed by atoms with Crippen LogP contribution >= 0.6 is 22.9 Å². The highest BCUT2D eigenvalue weighted by molar-refractivity contribution is 7.20. The van der Waals surface area contributed by atoms with E-state index in [0.29, 0.717) is 15.8 Å². The molecule has 1 amide bonds. The predicted molar refractivity (Wildman–Crippen MR) is 106 cm³/mol. The Labute approximate surface area is 161 Å². The van der Waals surface area contributed by atoms with Crippen LogP contribution in [0.4, 0.5) is 0 Å². The highest BCUT2D eigenvalue weighted by atomic mass is 35.5. The summed E-state index contributed by atoms with van der Waals surface area (Å²) in [4.78, 5) is 23.9. The standard InChI is InChI=1S/C20H20ClN3OS/c1-10-16-12(3)22-18(13-7-8-13)24-20(16)26-17(10)19(25)23-11(2)14-5-4-6-15(21)9-14/h4-6,9,11,13H,7-8H2,1-3H3,(H,23,25). The number of carbonyl (C=O) groups excluding carboxylic acids is 1. The van der Waals surface area contributed by atoms with Crippen molar-refractivity contribution in [2.75, 3.05) is 0 Å². The van der Waals surface area contributed by atoms with Gasteiger partial charge in [0.15, 0.2) is 0 Å². The van der Waals surface area contributed by atoms with E-state index in [1.165, 1.54) is 24.2 Å². The fourth-order valence-electron chi connectivity index (χ4n) is 3.22. The number of nitrogens with zero attached hydrogens (tertiary/aromatic N) is 2. The maximum Gasteiger partial charge on any atom is 0.262 e. The van der Waals surface area contributed by atoms with Crippen LogP contribution in [0.25, 0.3) is 10.2 Å². The third-order valence-electron chi connectivity index (χ3n) is 4.83. The smallest absolute Gasteiger partial charge is 0.262 e. The van der Waals surface area contributed by atoms with Gasteiger partial charge in [0, 0.05) is 16.3 Å².